The molecule has 4 aliphatic heterocycles. The minimum atomic E-state index is 0.941. The lowest BCUT2D eigenvalue weighted by atomic mass is 9.06. The van der Waals surface area contributed by atoms with Gasteiger partial charge in [0.1, 0.15) is 13.4 Å². The average Bonchev–Trinajstić information content (AvgIpc) is 2.51. The van der Waals surface area contributed by atoms with Crippen LogP contribution in [-0.2, 0) is 0 Å². The van der Waals surface area contributed by atoms with Crippen molar-refractivity contribution in [1.29, 1.82) is 0 Å². The molecule has 1 nitrogen and oxygen atoms in total. The van der Waals surface area contributed by atoms with E-state index in [2.05, 4.69) is 0 Å². The van der Waals surface area contributed by atoms with Gasteiger partial charge in [0, 0.05) is 0 Å². The molecule has 0 aromatic rings. The predicted molar refractivity (Wildman–Crippen MR) is 99.3 cm³/mol. The van der Waals surface area contributed by atoms with Crippen LogP contribution in [0, 0.1) is 0 Å². The summed E-state index contributed by atoms with van der Waals surface area (Å²) in [6, 6.07) is 0. The van der Waals surface area contributed by atoms with E-state index in [0.29, 0.717) is 0 Å². The molecule has 4 rings (SSSR count). The molecule has 4 heterocycles. The van der Waals surface area contributed by atoms with E-state index in [9.17, 15) is 0 Å². The molecule has 0 unspecified atom stereocenters. The van der Waals surface area contributed by atoms with Crippen LogP contribution in [0.5, 0.6) is 0 Å². The van der Waals surface area contributed by atoms with E-state index in [-0.39, 0.29) is 0 Å². The lowest BCUT2D eigenvalue weighted by Gasteiger charge is -2.51. The first-order valence-electron chi connectivity index (χ1n) is 10.6. The largest absolute Gasteiger partial charge is 0.331 e. The van der Waals surface area contributed by atoms with E-state index in [4.69, 9.17) is 5.73 Å². The van der Waals surface area contributed by atoms with Crippen molar-refractivity contribution in [3.8, 4) is 0 Å². The third-order valence-corrected chi connectivity index (χ3v) is 8.27. The molecule has 0 amide bonds. The molecule has 4 fully saturated rings. The lowest BCUT2D eigenvalue weighted by Crippen LogP contribution is -2.49. The Hall–Kier alpha value is 0.0899. The Morgan fingerprint density at radius 2 is 0.955 bits per heavy atom. The van der Waals surface area contributed by atoms with Crippen molar-refractivity contribution in [1.82, 2.24) is 0 Å². The maximum absolute atomic E-state index is 6.14. The van der Waals surface area contributed by atoms with Gasteiger partial charge in [-0.05, 0) is 6.54 Å². The molecule has 0 atom stereocenters. The van der Waals surface area contributed by atoms with Crippen LogP contribution in [-0.4, -0.2) is 20.0 Å². The predicted octanol–water partition coefficient (Wildman–Crippen LogP) is 5.45. The van der Waals surface area contributed by atoms with Gasteiger partial charge in [0.25, 0.3) is 0 Å². The van der Waals surface area contributed by atoms with Crippen LogP contribution < -0.4 is 5.73 Å². The molecule has 4 bridgehead atoms. The quantitative estimate of drug-likeness (QED) is 0.686. The minimum absolute atomic E-state index is 0.941. The molecule has 0 aromatic carbocycles. The van der Waals surface area contributed by atoms with Crippen LogP contribution >= 0.6 is 0 Å². The van der Waals surface area contributed by atoms with Crippen LogP contribution in [0.3, 0.4) is 0 Å². The molecule has 22 heavy (non-hydrogen) atoms. The number of hydrogen-bond acceptors (Lipinski definition) is 1. The van der Waals surface area contributed by atoms with E-state index in [1.165, 1.54) is 32.1 Å². The molecule has 0 saturated carbocycles. The van der Waals surface area contributed by atoms with E-state index in [1.807, 2.05) is 0 Å². The fraction of sp³-hybridized carbons (Fsp3) is 1.00. The average molecular weight is 299 g/mol. The SMILES string of the molecule is NCCC(B1C2CCCC1CCC2)B1C2CCCC1CCC2. The molecule has 0 aromatic heterocycles. The smallest absolute Gasteiger partial charge is 0.142 e. The van der Waals surface area contributed by atoms with Crippen LogP contribution in [0.25, 0.3) is 0 Å². The second-order valence-corrected chi connectivity index (χ2v) is 9.16. The second kappa shape index (κ2) is 6.91. The summed E-state index contributed by atoms with van der Waals surface area (Å²) in [7, 11) is 0. The van der Waals surface area contributed by atoms with E-state index < -0.39 is 0 Å². The summed E-state index contributed by atoms with van der Waals surface area (Å²) in [5, 5.41) is 0. The molecule has 4 aliphatic rings. The van der Waals surface area contributed by atoms with E-state index in [0.717, 1.165) is 49.0 Å². The fourth-order valence-corrected chi connectivity index (χ4v) is 7.69. The zero-order valence-electron chi connectivity index (χ0n) is 14.5. The summed E-state index contributed by atoms with van der Waals surface area (Å²) in [6.07, 6.45) is 19.8. The molecule has 122 valence electrons. The van der Waals surface area contributed by atoms with Crippen LogP contribution in [0.1, 0.15) is 83.5 Å². The van der Waals surface area contributed by atoms with Crippen molar-refractivity contribution in [2.45, 2.75) is 112 Å². The maximum Gasteiger partial charge on any atom is 0.142 e. The molecule has 0 radical (unpaired) electrons. The number of fused-ring (bicyclic) bond motifs is 4. The van der Waals surface area contributed by atoms with Gasteiger partial charge in [0.05, 0.1) is 0 Å². The van der Waals surface area contributed by atoms with Crippen LogP contribution in [0.2, 0.25) is 29.0 Å². The summed E-state index contributed by atoms with van der Waals surface area (Å²) in [4.78, 5) is 0. The highest BCUT2D eigenvalue weighted by molar-refractivity contribution is 6.83. The molecule has 2 N–H and O–H groups in total. The topological polar surface area (TPSA) is 26.0 Å². The van der Waals surface area contributed by atoms with Crippen LogP contribution in [0.4, 0.5) is 0 Å². The van der Waals surface area contributed by atoms with E-state index >= 15 is 0 Å². The number of hydrogen-bond donors (Lipinski definition) is 1. The van der Waals surface area contributed by atoms with Gasteiger partial charge < -0.3 is 5.73 Å². The van der Waals surface area contributed by atoms with Crippen molar-refractivity contribution in [3.05, 3.63) is 0 Å². The van der Waals surface area contributed by atoms with Crippen molar-refractivity contribution in [2.75, 3.05) is 6.54 Å². The van der Waals surface area contributed by atoms with Crippen molar-refractivity contribution in [3.63, 3.8) is 0 Å². The summed E-state index contributed by atoms with van der Waals surface area (Å²) in [5.41, 5.74) is 7.14. The molecular weight excluding hydrogens is 264 g/mol. The third-order valence-electron chi connectivity index (χ3n) is 8.27. The Morgan fingerprint density at radius 1 is 0.636 bits per heavy atom. The van der Waals surface area contributed by atoms with Gasteiger partial charge >= 0.3 is 0 Å². The van der Waals surface area contributed by atoms with Crippen LogP contribution in [0.15, 0.2) is 0 Å². The molecular formula is C19H35B2N. The summed E-state index contributed by atoms with van der Waals surface area (Å²) < 4.78 is 0. The lowest BCUT2D eigenvalue weighted by molar-refractivity contribution is 0.422. The second-order valence-electron chi connectivity index (χ2n) is 9.16. The third kappa shape index (κ3) is 2.80. The highest BCUT2D eigenvalue weighted by Crippen LogP contribution is 2.57. The van der Waals surface area contributed by atoms with Crippen molar-refractivity contribution in [2.24, 2.45) is 5.73 Å². The normalized spacial score (nSPS) is 39.7. The summed E-state index contributed by atoms with van der Waals surface area (Å²) in [6.45, 7) is 3.07. The maximum atomic E-state index is 6.14. The van der Waals surface area contributed by atoms with Gasteiger partial charge in [0.15, 0.2) is 0 Å². The molecule has 4 saturated heterocycles. The first-order chi connectivity index (χ1) is 10.9. The van der Waals surface area contributed by atoms with Crippen molar-refractivity contribution < 1.29 is 0 Å². The Balaban J connectivity index is 1.59. The van der Waals surface area contributed by atoms with E-state index in [1.54, 1.807) is 51.4 Å². The van der Waals surface area contributed by atoms with Gasteiger partial charge in [-0.25, -0.2) is 0 Å². The zero-order valence-corrected chi connectivity index (χ0v) is 14.5. The van der Waals surface area contributed by atoms with Gasteiger partial charge in [0.2, 0.25) is 0 Å². The Bertz CT molecular complexity index is 298. The summed E-state index contributed by atoms with van der Waals surface area (Å²) >= 11 is 0. The number of nitrogens with two attached hydrogens (primary N) is 1. The van der Waals surface area contributed by atoms with Gasteiger partial charge in [-0.2, -0.15) is 0 Å². The Morgan fingerprint density at radius 3 is 1.23 bits per heavy atom. The first kappa shape index (κ1) is 15.6. The van der Waals surface area contributed by atoms with Gasteiger partial charge in [-0.3, -0.25) is 0 Å². The fourth-order valence-electron chi connectivity index (χ4n) is 7.69. The van der Waals surface area contributed by atoms with Crippen molar-refractivity contribution >= 4 is 13.4 Å². The Kier molecular flexibility index (Phi) is 4.90. The van der Waals surface area contributed by atoms with Gasteiger partial charge in [-0.1, -0.05) is 112 Å². The molecule has 0 aliphatic carbocycles. The highest BCUT2D eigenvalue weighted by atomic mass is 14.5. The monoisotopic (exact) mass is 299 g/mol. The molecule has 0 spiro atoms. The zero-order chi connectivity index (χ0) is 14.9. The first-order valence-corrected chi connectivity index (χ1v) is 10.6. The Labute approximate surface area is 138 Å². The number of rotatable bonds is 4. The minimum Gasteiger partial charge on any atom is -0.331 e. The summed E-state index contributed by atoms with van der Waals surface area (Å²) in [5.74, 6) is 4.30. The van der Waals surface area contributed by atoms with Gasteiger partial charge in [-0.15, -0.1) is 0 Å². The highest BCUT2D eigenvalue weighted by Gasteiger charge is 2.51. The molecule has 3 heteroatoms. The standard InChI is InChI=1S/C19H35B2N/c22-14-13-19(20-15-5-1-6-16(20)8-2-7-15)21-17-9-3-10-18(21)12-4-11-17/h15-19H,1-14,22H2.